The first-order chi connectivity index (χ1) is 12.2. The Morgan fingerprint density at radius 2 is 1.92 bits per heavy atom. The van der Waals surface area contributed by atoms with Gasteiger partial charge in [0.1, 0.15) is 5.01 Å². The van der Waals surface area contributed by atoms with E-state index in [-0.39, 0.29) is 17.7 Å². The van der Waals surface area contributed by atoms with E-state index in [9.17, 15) is 4.79 Å². The molecule has 1 saturated carbocycles. The third-order valence-corrected chi connectivity index (χ3v) is 5.73. The minimum atomic E-state index is 0.0205. The van der Waals surface area contributed by atoms with Crippen LogP contribution in [0.25, 0.3) is 10.6 Å². The van der Waals surface area contributed by atoms with Crippen LogP contribution in [0.15, 0.2) is 60.0 Å². The summed E-state index contributed by atoms with van der Waals surface area (Å²) in [5.41, 5.74) is 3.07. The Morgan fingerprint density at radius 3 is 2.72 bits per heavy atom. The van der Waals surface area contributed by atoms with Crippen LogP contribution >= 0.6 is 22.9 Å². The van der Waals surface area contributed by atoms with Crippen LogP contribution in [0.4, 0.5) is 0 Å². The molecule has 2 atom stereocenters. The number of thiazole rings is 1. The molecule has 1 heterocycles. The molecule has 2 unspecified atom stereocenters. The molecular formula is C20H17ClN2OS. The molecule has 0 aliphatic heterocycles. The molecule has 4 rings (SSSR count). The number of amides is 1. The molecule has 0 radical (unpaired) electrons. The minimum absolute atomic E-state index is 0.0205. The van der Waals surface area contributed by atoms with Gasteiger partial charge in [-0.2, -0.15) is 0 Å². The van der Waals surface area contributed by atoms with Gasteiger partial charge in [0.15, 0.2) is 0 Å². The fourth-order valence-electron chi connectivity index (χ4n) is 3.01. The van der Waals surface area contributed by atoms with Crippen LogP contribution in [0.1, 0.15) is 23.6 Å². The lowest BCUT2D eigenvalue weighted by atomic mass is 10.1. The standard InChI is InChI=1S/C20H17ClN2OS/c21-18-9-5-4-8-15(18)16-10-17(16)19(24)22-11-14-12-25-20(23-14)13-6-2-1-3-7-13/h1-9,12,16-17H,10-11H2,(H,22,24). The summed E-state index contributed by atoms with van der Waals surface area (Å²) in [5, 5.41) is 6.73. The average molecular weight is 369 g/mol. The average Bonchev–Trinajstić information content (AvgIpc) is 3.30. The smallest absolute Gasteiger partial charge is 0.224 e. The number of benzene rings is 2. The molecule has 1 aliphatic carbocycles. The molecule has 0 saturated heterocycles. The largest absolute Gasteiger partial charge is 0.350 e. The zero-order valence-corrected chi connectivity index (χ0v) is 15.1. The van der Waals surface area contributed by atoms with E-state index in [2.05, 4.69) is 10.3 Å². The van der Waals surface area contributed by atoms with E-state index in [1.807, 2.05) is 60.0 Å². The fraction of sp³-hybridized carbons (Fsp3) is 0.200. The summed E-state index contributed by atoms with van der Waals surface area (Å²) in [7, 11) is 0. The normalized spacial score (nSPS) is 18.8. The highest BCUT2D eigenvalue weighted by Crippen LogP contribution is 2.49. The first-order valence-electron chi connectivity index (χ1n) is 8.24. The number of aromatic nitrogens is 1. The van der Waals surface area contributed by atoms with Gasteiger partial charge in [0.05, 0.1) is 12.2 Å². The van der Waals surface area contributed by atoms with E-state index < -0.39 is 0 Å². The van der Waals surface area contributed by atoms with Crippen molar-refractivity contribution in [3.05, 3.63) is 76.3 Å². The zero-order chi connectivity index (χ0) is 17.2. The Labute approximate surface area is 155 Å². The van der Waals surface area contributed by atoms with Gasteiger partial charge in [-0.25, -0.2) is 4.98 Å². The van der Waals surface area contributed by atoms with E-state index in [0.717, 1.165) is 33.3 Å². The van der Waals surface area contributed by atoms with Crippen LogP contribution in [-0.4, -0.2) is 10.9 Å². The van der Waals surface area contributed by atoms with Gasteiger partial charge in [0.25, 0.3) is 0 Å². The minimum Gasteiger partial charge on any atom is -0.350 e. The lowest BCUT2D eigenvalue weighted by Gasteiger charge is -2.04. The molecule has 2 aromatic carbocycles. The molecule has 126 valence electrons. The number of hydrogen-bond acceptors (Lipinski definition) is 3. The van der Waals surface area contributed by atoms with E-state index in [1.54, 1.807) is 11.3 Å². The van der Waals surface area contributed by atoms with Crippen molar-refractivity contribution >= 4 is 28.8 Å². The van der Waals surface area contributed by atoms with Crippen molar-refractivity contribution in [1.29, 1.82) is 0 Å². The molecule has 3 aromatic rings. The van der Waals surface area contributed by atoms with Crippen LogP contribution in [0.5, 0.6) is 0 Å². The van der Waals surface area contributed by atoms with Crippen LogP contribution in [-0.2, 0) is 11.3 Å². The molecule has 1 fully saturated rings. The van der Waals surface area contributed by atoms with Crippen molar-refractivity contribution in [2.45, 2.75) is 18.9 Å². The van der Waals surface area contributed by atoms with Gasteiger partial charge in [0.2, 0.25) is 5.91 Å². The molecule has 1 aromatic heterocycles. The van der Waals surface area contributed by atoms with E-state index >= 15 is 0 Å². The number of rotatable bonds is 5. The Hall–Kier alpha value is -2.17. The molecule has 1 aliphatic rings. The first-order valence-corrected chi connectivity index (χ1v) is 9.50. The molecular weight excluding hydrogens is 352 g/mol. The molecule has 25 heavy (non-hydrogen) atoms. The Morgan fingerprint density at radius 1 is 1.16 bits per heavy atom. The quantitative estimate of drug-likeness (QED) is 0.697. The second kappa shape index (κ2) is 6.98. The van der Waals surface area contributed by atoms with Crippen molar-refractivity contribution in [3.63, 3.8) is 0 Å². The molecule has 5 heteroatoms. The number of carbonyl (C=O) groups excluding carboxylic acids is 1. The third-order valence-electron chi connectivity index (χ3n) is 4.45. The number of halogens is 1. The maximum atomic E-state index is 12.4. The monoisotopic (exact) mass is 368 g/mol. The van der Waals surface area contributed by atoms with Crippen LogP contribution in [0.2, 0.25) is 5.02 Å². The highest BCUT2D eigenvalue weighted by molar-refractivity contribution is 7.13. The van der Waals surface area contributed by atoms with Crippen molar-refractivity contribution in [2.75, 3.05) is 0 Å². The Balaban J connectivity index is 1.34. The summed E-state index contributed by atoms with van der Waals surface area (Å²) in [4.78, 5) is 17.0. The van der Waals surface area contributed by atoms with Gasteiger partial charge in [-0.1, -0.05) is 60.1 Å². The highest BCUT2D eigenvalue weighted by atomic mass is 35.5. The predicted molar refractivity (Wildman–Crippen MR) is 102 cm³/mol. The van der Waals surface area contributed by atoms with Crippen molar-refractivity contribution < 1.29 is 4.79 Å². The van der Waals surface area contributed by atoms with Gasteiger partial charge < -0.3 is 5.32 Å². The highest BCUT2D eigenvalue weighted by Gasteiger charge is 2.44. The molecule has 0 bridgehead atoms. The lowest BCUT2D eigenvalue weighted by molar-refractivity contribution is -0.122. The molecule has 1 N–H and O–H groups in total. The van der Waals surface area contributed by atoms with Crippen LogP contribution < -0.4 is 5.32 Å². The number of hydrogen-bond donors (Lipinski definition) is 1. The predicted octanol–water partition coefficient (Wildman–Crippen LogP) is 4.88. The fourth-order valence-corrected chi connectivity index (χ4v) is 4.12. The van der Waals surface area contributed by atoms with Crippen LogP contribution in [0, 0.1) is 5.92 Å². The van der Waals surface area contributed by atoms with Crippen LogP contribution in [0.3, 0.4) is 0 Å². The van der Waals surface area contributed by atoms with Crippen molar-refractivity contribution in [3.8, 4) is 10.6 Å². The SMILES string of the molecule is O=C(NCc1csc(-c2ccccc2)n1)C1CC1c1ccccc1Cl. The summed E-state index contributed by atoms with van der Waals surface area (Å²) in [6.45, 7) is 0.466. The van der Waals surface area contributed by atoms with E-state index in [1.165, 1.54) is 0 Å². The van der Waals surface area contributed by atoms with Gasteiger partial charge >= 0.3 is 0 Å². The number of nitrogens with zero attached hydrogens (tertiary/aromatic N) is 1. The second-order valence-electron chi connectivity index (χ2n) is 6.20. The van der Waals surface area contributed by atoms with Crippen molar-refractivity contribution in [1.82, 2.24) is 10.3 Å². The maximum Gasteiger partial charge on any atom is 0.224 e. The zero-order valence-electron chi connectivity index (χ0n) is 13.5. The maximum absolute atomic E-state index is 12.4. The van der Waals surface area contributed by atoms with Gasteiger partial charge in [-0.15, -0.1) is 11.3 Å². The number of nitrogens with one attached hydrogen (secondary N) is 1. The van der Waals surface area contributed by atoms with Gasteiger partial charge in [-0.3, -0.25) is 4.79 Å². The van der Waals surface area contributed by atoms with E-state index in [4.69, 9.17) is 11.6 Å². The summed E-state index contributed by atoms with van der Waals surface area (Å²) in [6.07, 6.45) is 0.863. The number of carbonyl (C=O) groups is 1. The lowest BCUT2D eigenvalue weighted by Crippen LogP contribution is -2.25. The topological polar surface area (TPSA) is 42.0 Å². The second-order valence-corrected chi connectivity index (χ2v) is 7.46. The first kappa shape index (κ1) is 16.3. The van der Waals surface area contributed by atoms with Crippen molar-refractivity contribution in [2.24, 2.45) is 5.92 Å². The Bertz CT molecular complexity index is 893. The summed E-state index contributed by atoms with van der Waals surface area (Å²) >= 11 is 7.82. The third kappa shape index (κ3) is 3.60. The van der Waals surface area contributed by atoms with Gasteiger partial charge in [-0.05, 0) is 24.0 Å². The molecule has 1 amide bonds. The Kier molecular flexibility index (Phi) is 4.55. The summed E-state index contributed by atoms with van der Waals surface area (Å²) < 4.78 is 0. The van der Waals surface area contributed by atoms with Gasteiger partial charge in [0, 0.05) is 21.9 Å². The summed E-state index contributed by atoms with van der Waals surface area (Å²) in [6, 6.07) is 17.8. The molecule has 0 spiro atoms. The van der Waals surface area contributed by atoms with E-state index in [0.29, 0.717) is 6.54 Å². The summed E-state index contributed by atoms with van der Waals surface area (Å²) in [5.74, 6) is 0.343. The molecule has 3 nitrogen and oxygen atoms in total.